The van der Waals surface area contributed by atoms with E-state index in [0.29, 0.717) is 5.75 Å². The molecule has 2 rings (SSSR count). The SMILES string of the molecule is Cc1ccccc1CC(=O)N1C(C)SCC1C(=O)O. The molecule has 2 unspecified atom stereocenters. The molecule has 1 amide bonds. The van der Waals surface area contributed by atoms with Crippen molar-refractivity contribution in [1.29, 1.82) is 0 Å². The molecule has 2 atom stereocenters. The van der Waals surface area contributed by atoms with E-state index >= 15 is 0 Å². The van der Waals surface area contributed by atoms with Gasteiger partial charge in [0.2, 0.25) is 5.91 Å². The summed E-state index contributed by atoms with van der Waals surface area (Å²) < 4.78 is 0. The van der Waals surface area contributed by atoms with Gasteiger partial charge >= 0.3 is 5.97 Å². The van der Waals surface area contributed by atoms with E-state index in [4.69, 9.17) is 5.11 Å². The summed E-state index contributed by atoms with van der Waals surface area (Å²) in [7, 11) is 0. The first-order chi connectivity index (χ1) is 9.00. The van der Waals surface area contributed by atoms with Crippen LogP contribution >= 0.6 is 11.8 Å². The van der Waals surface area contributed by atoms with Gasteiger partial charge in [-0.25, -0.2) is 4.79 Å². The molecule has 0 radical (unpaired) electrons. The normalized spacial score (nSPS) is 22.5. The summed E-state index contributed by atoms with van der Waals surface area (Å²) in [5.74, 6) is -0.565. The van der Waals surface area contributed by atoms with Crippen molar-refractivity contribution >= 4 is 23.6 Å². The number of rotatable bonds is 3. The Morgan fingerprint density at radius 1 is 1.42 bits per heavy atom. The third kappa shape index (κ3) is 2.92. The molecule has 0 aromatic heterocycles. The van der Waals surface area contributed by atoms with Gasteiger partial charge in [-0.3, -0.25) is 4.79 Å². The minimum absolute atomic E-state index is 0.0716. The first-order valence-electron chi connectivity index (χ1n) is 6.20. The fourth-order valence-corrected chi connectivity index (χ4v) is 3.46. The summed E-state index contributed by atoms with van der Waals surface area (Å²) >= 11 is 1.51. The predicted molar refractivity (Wildman–Crippen MR) is 75.1 cm³/mol. The van der Waals surface area contributed by atoms with Crippen LogP contribution < -0.4 is 0 Å². The van der Waals surface area contributed by atoms with E-state index in [-0.39, 0.29) is 17.7 Å². The van der Waals surface area contributed by atoms with Crippen LogP contribution in [0.2, 0.25) is 0 Å². The van der Waals surface area contributed by atoms with Crippen molar-refractivity contribution in [2.75, 3.05) is 5.75 Å². The lowest BCUT2D eigenvalue weighted by atomic mass is 10.0. The number of hydrogen-bond donors (Lipinski definition) is 1. The van der Waals surface area contributed by atoms with Crippen molar-refractivity contribution in [2.45, 2.75) is 31.7 Å². The molecule has 5 heteroatoms. The summed E-state index contributed by atoms with van der Waals surface area (Å²) in [5, 5.41) is 9.09. The first-order valence-corrected chi connectivity index (χ1v) is 7.25. The highest BCUT2D eigenvalue weighted by atomic mass is 32.2. The van der Waals surface area contributed by atoms with Crippen molar-refractivity contribution < 1.29 is 14.7 Å². The van der Waals surface area contributed by atoms with Gasteiger partial charge in [0.1, 0.15) is 6.04 Å². The smallest absolute Gasteiger partial charge is 0.327 e. The molecule has 0 saturated carbocycles. The average Bonchev–Trinajstić information content (AvgIpc) is 2.74. The maximum atomic E-state index is 12.3. The Balaban J connectivity index is 2.15. The van der Waals surface area contributed by atoms with Crippen LogP contribution in [-0.2, 0) is 16.0 Å². The molecule has 102 valence electrons. The van der Waals surface area contributed by atoms with Crippen LogP contribution in [0.3, 0.4) is 0 Å². The quantitative estimate of drug-likeness (QED) is 0.918. The number of amides is 1. The number of carboxylic acids is 1. The van der Waals surface area contributed by atoms with Gasteiger partial charge in [-0.15, -0.1) is 11.8 Å². The first kappa shape index (κ1) is 13.9. The van der Waals surface area contributed by atoms with Gasteiger partial charge in [0.25, 0.3) is 0 Å². The Kier molecular flexibility index (Phi) is 4.14. The predicted octanol–water partition coefficient (Wildman–Crippen LogP) is 1.91. The lowest BCUT2D eigenvalue weighted by Crippen LogP contribution is -2.45. The molecule has 1 heterocycles. The highest BCUT2D eigenvalue weighted by molar-refractivity contribution is 8.00. The number of aliphatic carboxylic acids is 1. The highest BCUT2D eigenvalue weighted by Crippen LogP contribution is 2.29. The summed E-state index contributed by atoms with van der Waals surface area (Å²) in [5.41, 5.74) is 2.02. The van der Waals surface area contributed by atoms with Gasteiger partial charge in [-0.2, -0.15) is 0 Å². The summed E-state index contributed by atoms with van der Waals surface area (Å²) in [6.45, 7) is 3.84. The molecule has 19 heavy (non-hydrogen) atoms. The van der Waals surface area contributed by atoms with Gasteiger partial charge in [-0.05, 0) is 25.0 Å². The summed E-state index contributed by atoms with van der Waals surface area (Å²) in [6.07, 6.45) is 0.265. The lowest BCUT2D eigenvalue weighted by molar-refractivity contribution is -0.148. The Labute approximate surface area is 116 Å². The van der Waals surface area contributed by atoms with Crippen LogP contribution in [0.5, 0.6) is 0 Å². The van der Waals surface area contributed by atoms with Crippen LogP contribution in [-0.4, -0.2) is 39.1 Å². The second kappa shape index (κ2) is 5.65. The van der Waals surface area contributed by atoms with Crippen molar-refractivity contribution in [3.05, 3.63) is 35.4 Å². The van der Waals surface area contributed by atoms with Gasteiger partial charge in [0.05, 0.1) is 11.8 Å². The van der Waals surface area contributed by atoms with Crippen LogP contribution in [0.15, 0.2) is 24.3 Å². The molecule has 1 N–H and O–H groups in total. The van der Waals surface area contributed by atoms with Crippen LogP contribution in [0.1, 0.15) is 18.1 Å². The van der Waals surface area contributed by atoms with Gasteiger partial charge in [-0.1, -0.05) is 24.3 Å². The van der Waals surface area contributed by atoms with Gasteiger partial charge in [0.15, 0.2) is 0 Å². The van der Waals surface area contributed by atoms with E-state index in [0.717, 1.165) is 11.1 Å². The zero-order chi connectivity index (χ0) is 14.0. The molecule has 1 aliphatic rings. The van der Waals surface area contributed by atoms with E-state index in [1.165, 1.54) is 16.7 Å². The van der Waals surface area contributed by atoms with Crippen molar-refractivity contribution in [2.24, 2.45) is 0 Å². The van der Waals surface area contributed by atoms with Crippen molar-refractivity contribution in [3.63, 3.8) is 0 Å². The third-order valence-electron chi connectivity index (χ3n) is 3.40. The minimum atomic E-state index is -0.921. The molecule has 1 aromatic carbocycles. The monoisotopic (exact) mass is 279 g/mol. The Bertz CT molecular complexity index is 503. The fourth-order valence-electron chi connectivity index (χ4n) is 2.27. The number of carbonyl (C=O) groups excluding carboxylic acids is 1. The van der Waals surface area contributed by atoms with Gasteiger partial charge in [0, 0.05) is 5.75 Å². The molecule has 1 aromatic rings. The van der Waals surface area contributed by atoms with E-state index in [9.17, 15) is 9.59 Å². The molecule has 0 aliphatic carbocycles. The molecular weight excluding hydrogens is 262 g/mol. The molecule has 0 spiro atoms. The summed E-state index contributed by atoms with van der Waals surface area (Å²) in [4.78, 5) is 25.0. The topological polar surface area (TPSA) is 57.6 Å². The van der Waals surface area contributed by atoms with E-state index in [1.54, 1.807) is 0 Å². The Morgan fingerprint density at radius 2 is 2.11 bits per heavy atom. The minimum Gasteiger partial charge on any atom is -0.480 e. The van der Waals surface area contributed by atoms with Gasteiger partial charge < -0.3 is 10.0 Å². The number of thioether (sulfide) groups is 1. The number of carbonyl (C=O) groups is 2. The highest BCUT2D eigenvalue weighted by Gasteiger charge is 2.39. The van der Waals surface area contributed by atoms with E-state index < -0.39 is 12.0 Å². The summed E-state index contributed by atoms with van der Waals surface area (Å²) in [6, 6.07) is 7.00. The number of benzene rings is 1. The molecule has 4 nitrogen and oxygen atoms in total. The van der Waals surface area contributed by atoms with Crippen LogP contribution in [0, 0.1) is 6.92 Å². The van der Waals surface area contributed by atoms with Crippen LogP contribution in [0.4, 0.5) is 0 Å². The Hall–Kier alpha value is -1.49. The standard InChI is InChI=1S/C14H17NO3S/c1-9-5-3-4-6-11(9)7-13(16)15-10(2)19-8-12(15)14(17)18/h3-6,10,12H,7-8H2,1-2H3,(H,17,18). The molecule has 1 aliphatic heterocycles. The van der Waals surface area contributed by atoms with E-state index in [1.807, 2.05) is 38.1 Å². The largest absolute Gasteiger partial charge is 0.480 e. The maximum absolute atomic E-state index is 12.3. The zero-order valence-corrected chi connectivity index (χ0v) is 11.8. The number of hydrogen-bond acceptors (Lipinski definition) is 3. The maximum Gasteiger partial charge on any atom is 0.327 e. The number of aryl methyl sites for hydroxylation is 1. The second-order valence-electron chi connectivity index (χ2n) is 4.69. The van der Waals surface area contributed by atoms with Crippen molar-refractivity contribution in [1.82, 2.24) is 4.90 Å². The van der Waals surface area contributed by atoms with E-state index in [2.05, 4.69) is 0 Å². The second-order valence-corrected chi connectivity index (χ2v) is 6.04. The third-order valence-corrected chi connectivity index (χ3v) is 4.62. The molecule has 1 saturated heterocycles. The number of carboxylic acid groups (broad SMARTS) is 1. The number of nitrogens with zero attached hydrogens (tertiary/aromatic N) is 1. The van der Waals surface area contributed by atoms with Crippen molar-refractivity contribution in [3.8, 4) is 0 Å². The fraction of sp³-hybridized carbons (Fsp3) is 0.429. The molecule has 1 fully saturated rings. The lowest BCUT2D eigenvalue weighted by Gasteiger charge is -2.25. The van der Waals surface area contributed by atoms with Crippen LogP contribution in [0.25, 0.3) is 0 Å². The Morgan fingerprint density at radius 3 is 2.74 bits per heavy atom. The molecule has 0 bridgehead atoms. The molecular formula is C14H17NO3S. The zero-order valence-electron chi connectivity index (χ0n) is 11.0. The average molecular weight is 279 g/mol.